The van der Waals surface area contributed by atoms with Gasteiger partial charge in [0.1, 0.15) is 5.84 Å². The van der Waals surface area contributed by atoms with Crippen molar-refractivity contribution in [3.8, 4) is 0 Å². The van der Waals surface area contributed by atoms with Gasteiger partial charge in [0.2, 0.25) is 0 Å². The highest BCUT2D eigenvalue weighted by Gasteiger charge is 2.22. The third-order valence-electron chi connectivity index (χ3n) is 2.47. The molecule has 0 aromatic heterocycles. The van der Waals surface area contributed by atoms with Gasteiger partial charge in [-0.1, -0.05) is 18.2 Å². The quantitative estimate of drug-likeness (QED) is 0.744. The first kappa shape index (κ1) is 11.4. The van der Waals surface area contributed by atoms with Crippen LogP contribution in [0.25, 0.3) is 6.08 Å². The first-order valence-electron chi connectivity index (χ1n) is 5.51. The Morgan fingerprint density at radius 1 is 1.41 bits per heavy atom. The lowest BCUT2D eigenvalue weighted by molar-refractivity contribution is 0.163. The van der Waals surface area contributed by atoms with E-state index in [9.17, 15) is 4.79 Å². The van der Waals surface area contributed by atoms with Crippen LogP contribution < -0.4 is 4.90 Å². The number of ether oxygens (including phenoxy) is 1. The van der Waals surface area contributed by atoms with Crippen LogP contribution in [0.5, 0.6) is 0 Å². The van der Waals surface area contributed by atoms with Gasteiger partial charge in [0, 0.05) is 11.8 Å². The van der Waals surface area contributed by atoms with E-state index in [-0.39, 0.29) is 0 Å². The van der Waals surface area contributed by atoms with Crippen molar-refractivity contribution in [3.63, 3.8) is 0 Å². The van der Waals surface area contributed by atoms with Gasteiger partial charge in [0.15, 0.2) is 0 Å². The van der Waals surface area contributed by atoms with Crippen LogP contribution in [-0.4, -0.2) is 18.5 Å². The van der Waals surface area contributed by atoms with Crippen LogP contribution in [0.15, 0.2) is 35.5 Å². The van der Waals surface area contributed by atoms with Gasteiger partial charge in [-0.15, -0.1) is 0 Å². The second kappa shape index (κ2) is 4.82. The van der Waals surface area contributed by atoms with Gasteiger partial charge < -0.3 is 4.74 Å². The molecule has 0 bridgehead atoms. The van der Waals surface area contributed by atoms with E-state index in [1.165, 1.54) is 4.90 Å². The van der Waals surface area contributed by atoms with E-state index >= 15 is 0 Å². The molecule has 0 spiro atoms. The highest BCUT2D eigenvalue weighted by molar-refractivity contribution is 6.15. The lowest BCUT2D eigenvalue weighted by atomic mass is 10.1. The maximum Gasteiger partial charge on any atom is 0.419 e. The molecule has 1 aromatic rings. The summed E-state index contributed by atoms with van der Waals surface area (Å²) in [7, 11) is 0. The molecule has 0 atom stereocenters. The van der Waals surface area contributed by atoms with Gasteiger partial charge in [-0.3, -0.25) is 0 Å². The fourth-order valence-electron chi connectivity index (χ4n) is 1.71. The number of fused-ring (bicyclic) bond motifs is 1. The molecule has 1 aliphatic rings. The number of carbonyl (C=O) groups is 1. The molecular weight excluding hydrogens is 216 g/mol. The lowest BCUT2D eigenvalue weighted by Gasteiger charge is -2.21. The normalized spacial score (nSPS) is 13.8. The van der Waals surface area contributed by atoms with E-state index in [1.807, 2.05) is 30.3 Å². The molecule has 0 fully saturated rings. The summed E-state index contributed by atoms with van der Waals surface area (Å²) in [4.78, 5) is 17.6. The van der Waals surface area contributed by atoms with Crippen molar-refractivity contribution in [2.75, 3.05) is 11.5 Å². The van der Waals surface area contributed by atoms with E-state index in [0.29, 0.717) is 12.4 Å². The predicted molar refractivity (Wildman–Crippen MR) is 68.1 cm³/mol. The Hall–Kier alpha value is -2.10. The molecule has 0 aliphatic carbocycles. The number of aliphatic imine (C=N–C) groups is 1. The minimum absolute atomic E-state index is 0.345. The minimum atomic E-state index is -0.398. The summed E-state index contributed by atoms with van der Waals surface area (Å²) >= 11 is 0. The summed E-state index contributed by atoms with van der Waals surface area (Å²) in [6.07, 6.45) is 3.16. The summed E-state index contributed by atoms with van der Waals surface area (Å²) in [6, 6.07) is 7.62. The number of carbonyl (C=O) groups excluding carboxylic acids is 1. The van der Waals surface area contributed by atoms with E-state index in [4.69, 9.17) is 4.74 Å². The van der Waals surface area contributed by atoms with Crippen molar-refractivity contribution in [3.05, 3.63) is 36.0 Å². The van der Waals surface area contributed by atoms with Crippen LogP contribution in [-0.2, 0) is 4.74 Å². The number of hydrogen-bond donors (Lipinski definition) is 0. The van der Waals surface area contributed by atoms with E-state index in [0.717, 1.165) is 11.3 Å². The Kier molecular flexibility index (Phi) is 3.23. The van der Waals surface area contributed by atoms with Crippen molar-refractivity contribution >= 4 is 23.7 Å². The van der Waals surface area contributed by atoms with Crippen molar-refractivity contribution in [1.29, 1.82) is 0 Å². The number of benzene rings is 1. The molecular formula is C13H14N2O2. The van der Waals surface area contributed by atoms with Gasteiger partial charge in [-0.25, -0.2) is 14.7 Å². The van der Waals surface area contributed by atoms with Crippen molar-refractivity contribution in [1.82, 2.24) is 0 Å². The second-order valence-electron chi connectivity index (χ2n) is 3.59. The monoisotopic (exact) mass is 230 g/mol. The zero-order valence-corrected chi connectivity index (χ0v) is 9.88. The van der Waals surface area contributed by atoms with E-state index in [2.05, 4.69) is 4.99 Å². The van der Waals surface area contributed by atoms with Crippen LogP contribution in [0.4, 0.5) is 10.5 Å². The summed E-state index contributed by atoms with van der Waals surface area (Å²) in [5, 5.41) is 0. The topological polar surface area (TPSA) is 41.9 Å². The molecule has 88 valence electrons. The number of rotatable bonds is 1. The molecule has 4 heteroatoms. The second-order valence-corrected chi connectivity index (χ2v) is 3.59. The number of anilines is 1. The summed E-state index contributed by atoms with van der Waals surface area (Å²) in [5.74, 6) is 0.602. The third-order valence-corrected chi connectivity index (χ3v) is 2.47. The van der Waals surface area contributed by atoms with Crippen molar-refractivity contribution in [2.45, 2.75) is 13.8 Å². The van der Waals surface area contributed by atoms with Gasteiger partial charge in [0.25, 0.3) is 0 Å². The molecule has 4 nitrogen and oxygen atoms in total. The molecule has 1 heterocycles. The first-order chi connectivity index (χ1) is 8.24. The molecule has 0 saturated carbocycles. The zero-order chi connectivity index (χ0) is 12.3. The number of amidine groups is 1. The Bertz CT molecular complexity index is 492. The fraction of sp³-hybridized carbons (Fsp3) is 0.231. The maximum atomic E-state index is 11.9. The first-order valence-corrected chi connectivity index (χ1v) is 5.51. The van der Waals surface area contributed by atoms with E-state index in [1.54, 1.807) is 20.0 Å². The van der Waals surface area contributed by atoms with Gasteiger partial charge in [0.05, 0.1) is 12.3 Å². The van der Waals surface area contributed by atoms with Gasteiger partial charge in [-0.2, -0.15) is 0 Å². The molecule has 1 aliphatic heterocycles. The van der Waals surface area contributed by atoms with Crippen molar-refractivity contribution < 1.29 is 9.53 Å². The number of para-hydroxylation sites is 1. The number of amides is 1. The molecule has 0 radical (unpaired) electrons. The molecule has 0 saturated heterocycles. The fourth-order valence-corrected chi connectivity index (χ4v) is 1.71. The molecule has 0 unspecified atom stereocenters. The average molecular weight is 230 g/mol. The third kappa shape index (κ3) is 2.20. The smallest absolute Gasteiger partial charge is 0.419 e. The Balaban J connectivity index is 2.46. The summed E-state index contributed by atoms with van der Waals surface area (Å²) in [6.45, 7) is 3.91. The Morgan fingerprint density at radius 3 is 2.94 bits per heavy atom. The Morgan fingerprint density at radius 2 is 2.18 bits per heavy atom. The minimum Gasteiger partial charge on any atom is -0.449 e. The zero-order valence-electron chi connectivity index (χ0n) is 9.88. The highest BCUT2D eigenvalue weighted by atomic mass is 16.6. The van der Waals surface area contributed by atoms with Crippen LogP contribution in [0, 0.1) is 0 Å². The van der Waals surface area contributed by atoms with E-state index < -0.39 is 6.09 Å². The van der Waals surface area contributed by atoms with Crippen LogP contribution in [0.1, 0.15) is 19.4 Å². The molecule has 1 aromatic carbocycles. The van der Waals surface area contributed by atoms with Gasteiger partial charge in [-0.05, 0) is 26.0 Å². The largest absolute Gasteiger partial charge is 0.449 e. The SMILES string of the molecule is CCOC(=O)N1C(C)=NC=Cc2ccccc21. The molecule has 0 N–H and O–H groups in total. The molecule has 2 rings (SSSR count). The Labute approximate surface area is 100 Å². The summed E-state index contributed by atoms with van der Waals surface area (Å²) in [5.41, 5.74) is 1.74. The summed E-state index contributed by atoms with van der Waals surface area (Å²) < 4.78 is 5.04. The van der Waals surface area contributed by atoms with Crippen molar-refractivity contribution in [2.24, 2.45) is 4.99 Å². The number of hydrogen-bond acceptors (Lipinski definition) is 3. The lowest BCUT2D eigenvalue weighted by Crippen LogP contribution is -2.35. The van der Waals surface area contributed by atoms with Crippen LogP contribution >= 0.6 is 0 Å². The average Bonchev–Trinajstić information content (AvgIpc) is 2.47. The predicted octanol–water partition coefficient (Wildman–Crippen LogP) is 3.05. The molecule has 1 amide bonds. The number of nitrogens with zero attached hydrogens (tertiary/aromatic N) is 2. The van der Waals surface area contributed by atoms with Crippen LogP contribution in [0.2, 0.25) is 0 Å². The van der Waals surface area contributed by atoms with Crippen LogP contribution in [0.3, 0.4) is 0 Å². The van der Waals surface area contributed by atoms with Gasteiger partial charge >= 0.3 is 6.09 Å². The highest BCUT2D eigenvalue weighted by Crippen LogP contribution is 2.25. The molecule has 17 heavy (non-hydrogen) atoms. The maximum absolute atomic E-state index is 11.9. The standard InChI is InChI=1S/C13H14N2O2/c1-3-17-13(16)15-10(2)14-9-8-11-6-4-5-7-12(11)15/h4-9H,3H2,1-2H3.